The molecule has 0 unspecified atom stereocenters. The van der Waals surface area contributed by atoms with Crippen LogP contribution in [-0.4, -0.2) is 32.8 Å². The van der Waals surface area contributed by atoms with Crippen molar-refractivity contribution in [2.24, 2.45) is 0 Å². The van der Waals surface area contributed by atoms with Crippen LogP contribution < -0.4 is 10.1 Å². The zero-order valence-electron chi connectivity index (χ0n) is 11.5. The average Bonchev–Trinajstić information content (AvgIpc) is 2.37. The van der Waals surface area contributed by atoms with Crippen LogP contribution in [0.3, 0.4) is 0 Å². The molecule has 0 saturated carbocycles. The summed E-state index contributed by atoms with van der Waals surface area (Å²) in [5.41, 5.74) is 1.31. The molecule has 0 aliphatic rings. The highest BCUT2D eigenvalue weighted by molar-refractivity contribution is 6.37. The molecule has 4 nitrogen and oxygen atoms in total. The number of nitrogens with one attached hydrogen (secondary N) is 1. The zero-order valence-corrected chi connectivity index (χ0v) is 13.0. The largest absolute Gasteiger partial charge is 0.494 e. The Morgan fingerprint density at radius 3 is 2.45 bits per heavy atom. The lowest BCUT2D eigenvalue weighted by Crippen LogP contribution is -2.27. The van der Waals surface area contributed by atoms with E-state index in [0.29, 0.717) is 41.1 Å². The Bertz CT molecular complexity index is 480. The molecule has 0 spiro atoms. The summed E-state index contributed by atoms with van der Waals surface area (Å²) in [6.07, 6.45) is 0. The zero-order chi connectivity index (χ0) is 15.1. The van der Waals surface area contributed by atoms with Gasteiger partial charge in [-0.25, -0.2) is 0 Å². The molecule has 0 radical (unpaired) electrons. The third-order valence-electron chi connectivity index (χ3n) is 2.35. The van der Waals surface area contributed by atoms with Gasteiger partial charge in [0.15, 0.2) is 5.75 Å². The fourth-order valence-corrected chi connectivity index (χ4v) is 2.11. The summed E-state index contributed by atoms with van der Waals surface area (Å²) < 4.78 is 10.3. The maximum Gasteiger partial charge on any atom is 0.251 e. The van der Waals surface area contributed by atoms with Crippen molar-refractivity contribution in [1.82, 2.24) is 5.32 Å². The summed E-state index contributed by atoms with van der Waals surface area (Å²) in [5.74, 6) is 0.0880. The molecule has 1 aromatic carbocycles. The molecular formula is C14H17Cl2NO3. The molecule has 0 heterocycles. The van der Waals surface area contributed by atoms with Crippen LogP contribution in [0.25, 0.3) is 0 Å². The van der Waals surface area contributed by atoms with Gasteiger partial charge in [0.1, 0.15) is 0 Å². The third kappa shape index (κ3) is 5.04. The Labute approximate surface area is 128 Å². The molecular weight excluding hydrogens is 301 g/mol. The molecule has 1 amide bonds. The lowest BCUT2D eigenvalue weighted by atomic mass is 10.2. The van der Waals surface area contributed by atoms with Gasteiger partial charge >= 0.3 is 0 Å². The lowest BCUT2D eigenvalue weighted by molar-refractivity contribution is 0.0927. The van der Waals surface area contributed by atoms with Gasteiger partial charge in [-0.2, -0.15) is 0 Å². The first kappa shape index (κ1) is 16.8. The molecule has 1 rings (SSSR count). The van der Waals surface area contributed by atoms with Gasteiger partial charge in [0.2, 0.25) is 0 Å². The highest BCUT2D eigenvalue weighted by atomic mass is 35.5. The first-order valence-electron chi connectivity index (χ1n) is 5.99. The highest BCUT2D eigenvalue weighted by Gasteiger charge is 2.13. The van der Waals surface area contributed by atoms with E-state index < -0.39 is 0 Å². The molecule has 1 N–H and O–H groups in total. The number of carbonyl (C=O) groups excluding carboxylic acids is 1. The van der Waals surface area contributed by atoms with E-state index >= 15 is 0 Å². The molecule has 0 bridgehead atoms. The predicted molar refractivity (Wildman–Crippen MR) is 81.0 cm³/mol. The van der Waals surface area contributed by atoms with Gasteiger partial charge in [-0.3, -0.25) is 4.79 Å². The molecule has 0 saturated heterocycles. The number of hydrogen-bond donors (Lipinski definition) is 1. The number of rotatable bonds is 7. The smallest absolute Gasteiger partial charge is 0.251 e. The van der Waals surface area contributed by atoms with Gasteiger partial charge in [-0.05, 0) is 19.1 Å². The Kier molecular flexibility index (Phi) is 6.85. The monoisotopic (exact) mass is 317 g/mol. The van der Waals surface area contributed by atoms with E-state index in [1.807, 2.05) is 6.92 Å². The van der Waals surface area contributed by atoms with Crippen molar-refractivity contribution in [3.63, 3.8) is 0 Å². The van der Waals surface area contributed by atoms with Crippen LogP contribution in [0.4, 0.5) is 0 Å². The number of halogens is 2. The quantitative estimate of drug-likeness (QED) is 0.620. The maximum absolute atomic E-state index is 11.9. The summed E-state index contributed by atoms with van der Waals surface area (Å²) in [6, 6.07) is 3.02. The van der Waals surface area contributed by atoms with E-state index in [4.69, 9.17) is 32.7 Å². The number of carbonyl (C=O) groups is 1. The topological polar surface area (TPSA) is 47.6 Å². The number of methoxy groups -OCH3 is 1. The van der Waals surface area contributed by atoms with Gasteiger partial charge in [0.05, 0.1) is 30.4 Å². The molecule has 0 aliphatic carbocycles. The van der Waals surface area contributed by atoms with E-state index in [1.165, 1.54) is 19.2 Å². The molecule has 6 heteroatoms. The number of ether oxygens (including phenoxy) is 2. The van der Waals surface area contributed by atoms with Crippen LogP contribution >= 0.6 is 23.2 Å². The van der Waals surface area contributed by atoms with Crippen molar-refractivity contribution in [2.75, 3.05) is 26.9 Å². The number of benzene rings is 1. The van der Waals surface area contributed by atoms with Crippen LogP contribution in [-0.2, 0) is 4.74 Å². The second-order valence-corrected chi connectivity index (χ2v) is 5.05. The Hall–Kier alpha value is -1.23. The average molecular weight is 318 g/mol. The van der Waals surface area contributed by atoms with Gasteiger partial charge < -0.3 is 14.8 Å². The summed E-state index contributed by atoms with van der Waals surface area (Å²) in [4.78, 5) is 11.9. The number of amides is 1. The first-order chi connectivity index (χ1) is 9.45. The third-order valence-corrected chi connectivity index (χ3v) is 2.91. The normalized spacial score (nSPS) is 10.2. The molecule has 0 fully saturated rings. The van der Waals surface area contributed by atoms with Crippen LogP contribution in [0.5, 0.6) is 5.75 Å². The van der Waals surface area contributed by atoms with E-state index in [0.717, 1.165) is 5.57 Å². The van der Waals surface area contributed by atoms with Crippen molar-refractivity contribution < 1.29 is 14.3 Å². The van der Waals surface area contributed by atoms with E-state index in [9.17, 15) is 4.79 Å². The van der Waals surface area contributed by atoms with Crippen molar-refractivity contribution in [3.05, 3.63) is 39.9 Å². The summed E-state index contributed by atoms with van der Waals surface area (Å²) >= 11 is 11.9. The summed E-state index contributed by atoms with van der Waals surface area (Å²) in [6.45, 7) is 6.88. The molecule has 0 atom stereocenters. The Morgan fingerprint density at radius 1 is 1.35 bits per heavy atom. The van der Waals surface area contributed by atoms with E-state index in [2.05, 4.69) is 11.9 Å². The predicted octanol–water partition coefficient (Wildman–Crippen LogP) is 3.32. The van der Waals surface area contributed by atoms with Crippen molar-refractivity contribution >= 4 is 29.1 Å². The summed E-state index contributed by atoms with van der Waals surface area (Å²) in [7, 11) is 1.46. The van der Waals surface area contributed by atoms with Crippen molar-refractivity contribution in [1.29, 1.82) is 0 Å². The minimum Gasteiger partial charge on any atom is -0.494 e. The van der Waals surface area contributed by atoms with Crippen LogP contribution in [0, 0.1) is 0 Å². The fourth-order valence-electron chi connectivity index (χ4n) is 1.47. The second-order valence-electron chi connectivity index (χ2n) is 4.24. The molecule has 110 valence electrons. The second kappa shape index (κ2) is 8.15. The van der Waals surface area contributed by atoms with Crippen LogP contribution in [0.2, 0.25) is 10.0 Å². The van der Waals surface area contributed by atoms with E-state index in [-0.39, 0.29) is 5.91 Å². The van der Waals surface area contributed by atoms with Gasteiger partial charge in [-0.1, -0.05) is 35.4 Å². The Balaban J connectivity index is 2.54. The highest BCUT2D eigenvalue weighted by Crippen LogP contribution is 2.33. The molecule has 0 aromatic heterocycles. The van der Waals surface area contributed by atoms with Gasteiger partial charge in [0, 0.05) is 12.1 Å². The van der Waals surface area contributed by atoms with Crippen molar-refractivity contribution in [2.45, 2.75) is 6.92 Å². The SMILES string of the molecule is C=C(C)COCCNC(=O)c1cc(Cl)c(OC)c(Cl)c1. The van der Waals surface area contributed by atoms with E-state index in [1.54, 1.807) is 0 Å². The van der Waals surface area contributed by atoms with Crippen molar-refractivity contribution in [3.8, 4) is 5.75 Å². The van der Waals surface area contributed by atoms with Gasteiger partial charge in [-0.15, -0.1) is 0 Å². The minimum atomic E-state index is -0.268. The first-order valence-corrected chi connectivity index (χ1v) is 6.74. The summed E-state index contributed by atoms with van der Waals surface area (Å²) in [5, 5.41) is 3.30. The molecule has 20 heavy (non-hydrogen) atoms. The van der Waals surface area contributed by atoms with Crippen LogP contribution in [0.1, 0.15) is 17.3 Å². The number of hydrogen-bond acceptors (Lipinski definition) is 3. The lowest BCUT2D eigenvalue weighted by Gasteiger charge is -2.09. The standard InChI is InChI=1S/C14H17Cl2NO3/c1-9(2)8-20-5-4-17-14(18)10-6-11(15)13(19-3)12(16)7-10/h6-7H,1,4-5,8H2,2-3H3,(H,17,18). The van der Waals surface area contributed by atoms with Crippen LogP contribution in [0.15, 0.2) is 24.3 Å². The Morgan fingerprint density at radius 2 is 1.95 bits per heavy atom. The van der Waals surface area contributed by atoms with Gasteiger partial charge in [0.25, 0.3) is 5.91 Å². The fraction of sp³-hybridized carbons (Fsp3) is 0.357. The maximum atomic E-state index is 11.9. The molecule has 0 aliphatic heterocycles. The molecule has 1 aromatic rings. The minimum absolute atomic E-state index is 0.268.